The van der Waals surface area contributed by atoms with Crippen LogP contribution in [-0.4, -0.2) is 33.4 Å². The Morgan fingerprint density at radius 3 is 3.05 bits per heavy atom. The Morgan fingerprint density at radius 1 is 1.32 bits per heavy atom. The van der Waals surface area contributed by atoms with Gasteiger partial charge in [0.05, 0.1) is 12.1 Å². The highest BCUT2D eigenvalue weighted by Gasteiger charge is 2.40. The molecule has 0 bridgehead atoms. The third kappa shape index (κ3) is 2.08. The van der Waals surface area contributed by atoms with Gasteiger partial charge in [-0.3, -0.25) is 0 Å². The van der Waals surface area contributed by atoms with Crippen LogP contribution in [0.1, 0.15) is 24.8 Å². The van der Waals surface area contributed by atoms with E-state index < -0.39 is 0 Å². The zero-order chi connectivity index (χ0) is 12.8. The molecule has 1 aliphatic carbocycles. The predicted molar refractivity (Wildman–Crippen MR) is 72.2 cm³/mol. The van der Waals surface area contributed by atoms with Gasteiger partial charge in [-0.05, 0) is 43.7 Å². The van der Waals surface area contributed by atoms with Gasteiger partial charge >= 0.3 is 0 Å². The molecule has 2 atom stereocenters. The first-order valence-corrected chi connectivity index (χ1v) is 7.01. The van der Waals surface area contributed by atoms with Crippen molar-refractivity contribution in [3.63, 3.8) is 0 Å². The van der Waals surface area contributed by atoms with Gasteiger partial charge in [-0.1, -0.05) is 6.07 Å². The summed E-state index contributed by atoms with van der Waals surface area (Å²) in [5.74, 6) is 1.46. The molecule has 4 rings (SSSR count). The van der Waals surface area contributed by atoms with E-state index in [4.69, 9.17) is 4.74 Å². The zero-order valence-electron chi connectivity index (χ0n) is 11.0. The number of nitrogens with zero attached hydrogens (tertiary/aromatic N) is 3. The summed E-state index contributed by atoms with van der Waals surface area (Å²) in [6.45, 7) is 2.91. The molecule has 2 fully saturated rings. The molecule has 5 nitrogen and oxygen atoms in total. The van der Waals surface area contributed by atoms with Crippen LogP contribution in [0, 0.1) is 12.8 Å². The Bertz CT molecular complexity index is 605. The van der Waals surface area contributed by atoms with Crippen molar-refractivity contribution < 1.29 is 4.74 Å². The first kappa shape index (κ1) is 11.2. The number of aromatic nitrogens is 3. The summed E-state index contributed by atoms with van der Waals surface area (Å²) in [5, 5.41) is 7.94. The van der Waals surface area contributed by atoms with Crippen LogP contribution in [0.15, 0.2) is 18.3 Å². The highest BCUT2D eigenvalue weighted by atomic mass is 16.5. The van der Waals surface area contributed by atoms with Crippen molar-refractivity contribution in [2.45, 2.75) is 38.3 Å². The minimum atomic E-state index is 0.355. The summed E-state index contributed by atoms with van der Waals surface area (Å²) < 4.78 is 7.66. The molecule has 3 heterocycles. The Hall–Kier alpha value is -1.62. The van der Waals surface area contributed by atoms with E-state index >= 15 is 0 Å². The average Bonchev–Trinajstić information content (AvgIpc) is 3.00. The third-order valence-corrected chi connectivity index (χ3v) is 4.02. The zero-order valence-corrected chi connectivity index (χ0v) is 11.0. The monoisotopic (exact) mass is 258 g/mol. The minimum absolute atomic E-state index is 0.355. The maximum atomic E-state index is 5.83. The SMILES string of the molecule is Cc1ccc2nc(NC3CCOC3C3CC3)nn2c1. The van der Waals surface area contributed by atoms with Crippen molar-refractivity contribution in [3.8, 4) is 0 Å². The second kappa shape index (κ2) is 4.20. The van der Waals surface area contributed by atoms with E-state index in [0.29, 0.717) is 18.1 Å². The van der Waals surface area contributed by atoms with Gasteiger partial charge in [-0.25, -0.2) is 4.52 Å². The molecule has 1 N–H and O–H groups in total. The van der Waals surface area contributed by atoms with Gasteiger partial charge in [-0.15, -0.1) is 5.10 Å². The van der Waals surface area contributed by atoms with E-state index in [1.807, 2.05) is 16.8 Å². The van der Waals surface area contributed by atoms with Crippen LogP contribution in [-0.2, 0) is 4.74 Å². The number of anilines is 1. The normalized spacial score (nSPS) is 27.0. The fraction of sp³-hybridized carbons (Fsp3) is 0.571. The maximum absolute atomic E-state index is 5.83. The van der Waals surface area contributed by atoms with E-state index in [0.717, 1.165) is 24.6 Å². The topological polar surface area (TPSA) is 51.5 Å². The van der Waals surface area contributed by atoms with Gasteiger partial charge in [0.25, 0.3) is 0 Å². The minimum Gasteiger partial charge on any atom is -0.376 e. The van der Waals surface area contributed by atoms with E-state index in [2.05, 4.69) is 28.4 Å². The molecule has 100 valence electrons. The lowest BCUT2D eigenvalue weighted by Crippen LogP contribution is -2.31. The number of aryl methyl sites for hydroxylation is 1. The highest BCUT2D eigenvalue weighted by Crippen LogP contribution is 2.39. The van der Waals surface area contributed by atoms with Crippen LogP contribution < -0.4 is 5.32 Å². The van der Waals surface area contributed by atoms with E-state index in [9.17, 15) is 0 Å². The number of nitrogens with one attached hydrogen (secondary N) is 1. The molecule has 0 aromatic carbocycles. The van der Waals surface area contributed by atoms with Crippen molar-refractivity contribution in [3.05, 3.63) is 23.9 Å². The first-order valence-electron chi connectivity index (χ1n) is 7.01. The lowest BCUT2D eigenvalue weighted by Gasteiger charge is -2.18. The summed E-state index contributed by atoms with van der Waals surface area (Å²) in [6, 6.07) is 4.42. The Kier molecular flexibility index (Phi) is 2.48. The molecule has 1 saturated carbocycles. The van der Waals surface area contributed by atoms with Crippen molar-refractivity contribution in [2.24, 2.45) is 5.92 Å². The van der Waals surface area contributed by atoms with Gasteiger partial charge in [0, 0.05) is 12.8 Å². The van der Waals surface area contributed by atoms with E-state index in [1.165, 1.54) is 18.4 Å². The molecule has 2 unspecified atom stereocenters. The van der Waals surface area contributed by atoms with Gasteiger partial charge in [0.1, 0.15) is 0 Å². The molecule has 2 aromatic rings. The number of hydrogen-bond donors (Lipinski definition) is 1. The lowest BCUT2D eigenvalue weighted by atomic mass is 10.1. The molecule has 1 saturated heterocycles. The standard InChI is InChI=1S/C14H18N4O/c1-9-2-5-12-16-14(17-18(12)8-9)15-11-6-7-19-13(11)10-3-4-10/h2,5,8,10-11,13H,3-4,6-7H2,1H3,(H,15,17). The van der Waals surface area contributed by atoms with Crippen LogP contribution in [0.25, 0.3) is 5.65 Å². The van der Waals surface area contributed by atoms with Crippen molar-refractivity contribution in [2.75, 3.05) is 11.9 Å². The molecule has 0 radical (unpaired) electrons. The van der Waals surface area contributed by atoms with Gasteiger partial charge in [0.15, 0.2) is 5.65 Å². The third-order valence-electron chi connectivity index (χ3n) is 4.02. The fourth-order valence-electron chi connectivity index (χ4n) is 2.87. The molecular weight excluding hydrogens is 240 g/mol. The highest BCUT2D eigenvalue weighted by molar-refractivity contribution is 5.44. The summed E-state index contributed by atoms with van der Waals surface area (Å²) >= 11 is 0. The Morgan fingerprint density at radius 2 is 2.21 bits per heavy atom. The molecule has 19 heavy (non-hydrogen) atoms. The predicted octanol–water partition coefficient (Wildman–Crippen LogP) is 2.02. The van der Waals surface area contributed by atoms with Crippen LogP contribution in [0.2, 0.25) is 0 Å². The van der Waals surface area contributed by atoms with E-state index in [1.54, 1.807) is 0 Å². The number of fused-ring (bicyclic) bond motifs is 1. The molecule has 2 aliphatic rings. The molecule has 0 amide bonds. The number of hydrogen-bond acceptors (Lipinski definition) is 4. The smallest absolute Gasteiger partial charge is 0.243 e. The second-order valence-corrected chi connectivity index (χ2v) is 5.66. The van der Waals surface area contributed by atoms with Crippen molar-refractivity contribution in [1.29, 1.82) is 0 Å². The summed E-state index contributed by atoms with van der Waals surface area (Å²) in [4.78, 5) is 4.52. The van der Waals surface area contributed by atoms with Gasteiger partial charge < -0.3 is 10.1 Å². The molecule has 0 spiro atoms. The van der Waals surface area contributed by atoms with Gasteiger partial charge in [0.2, 0.25) is 5.95 Å². The Balaban J connectivity index is 1.57. The average molecular weight is 258 g/mol. The van der Waals surface area contributed by atoms with Crippen LogP contribution in [0.3, 0.4) is 0 Å². The number of ether oxygens (including phenoxy) is 1. The molecule has 2 aromatic heterocycles. The van der Waals surface area contributed by atoms with Crippen molar-refractivity contribution in [1.82, 2.24) is 14.6 Å². The van der Waals surface area contributed by atoms with Crippen molar-refractivity contribution >= 4 is 11.6 Å². The lowest BCUT2D eigenvalue weighted by molar-refractivity contribution is 0.0897. The quantitative estimate of drug-likeness (QED) is 0.915. The molecular formula is C14H18N4O. The first-order chi connectivity index (χ1) is 9.29. The van der Waals surface area contributed by atoms with Crippen LogP contribution >= 0.6 is 0 Å². The molecule has 1 aliphatic heterocycles. The Labute approximate surface area is 112 Å². The summed E-state index contributed by atoms with van der Waals surface area (Å²) in [7, 11) is 0. The van der Waals surface area contributed by atoms with E-state index in [-0.39, 0.29) is 0 Å². The largest absolute Gasteiger partial charge is 0.376 e. The van der Waals surface area contributed by atoms with Crippen LogP contribution in [0.5, 0.6) is 0 Å². The maximum Gasteiger partial charge on any atom is 0.243 e. The second-order valence-electron chi connectivity index (χ2n) is 5.66. The van der Waals surface area contributed by atoms with Gasteiger partial charge in [-0.2, -0.15) is 4.98 Å². The molecule has 5 heteroatoms. The summed E-state index contributed by atoms with van der Waals surface area (Å²) in [6.07, 6.45) is 6.02. The summed E-state index contributed by atoms with van der Waals surface area (Å²) in [5.41, 5.74) is 2.07. The fourth-order valence-corrected chi connectivity index (χ4v) is 2.87. The number of pyridine rings is 1. The number of rotatable bonds is 3. The van der Waals surface area contributed by atoms with Crippen LogP contribution in [0.4, 0.5) is 5.95 Å².